The van der Waals surface area contributed by atoms with E-state index >= 15 is 0 Å². The first-order chi connectivity index (χ1) is 16.8. The molecular weight excluding hydrogens is 436 g/mol. The normalized spacial score (nSPS) is 17.8. The van der Waals surface area contributed by atoms with E-state index in [2.05, 4.69) is 111 Å². The Bertz CT molecular complexity index is 1450. The van der Waals surface area contributed by atoms with Gasteiger partial charge in [0.1, 0.15) is 0 Å². The van der Waals surface area contributed by atoms with Gasteiger partial charge in [0, 0.05) is 30.3 Å². The molecule has 6 rings (SSSR count). The maximum atomic E-state index is 5.87. The highest BCUT2D eigenvalue weighted by atomic mass is 32.1. The van der Waals surface area contributed by atoms with Crippen LogP contribution in [-0.2, 0) is 6.54 Å². The van der Waals surface area contributed by atoms with Crippen molar-refractivity contribution in [2.24, 2.45) is 0 Å². The van der Waals surface area contributed by atoms with Crippen molar-refractivity contribution in [3.8, 4) is 5.69 Å². The predicted molar refractivity (Wildman–Crippen MR) is 141 cm³/mol. The van der Waals surface area contributed by atoms with Gasteiger partial charge in [0.2, 0.25) is 0 Å². The van der Waals surface area contributed by atoms with Gasteiger partial charge in [-0.1, -0.05) is 66.7 Å². The molecule has 2 unspecified atom stereocenters. The second-order valence-electron chi connectivity index (χ2n) is 8.57. The molecule has 1 aliphatic rings. The number of pyridine rings is 1. The maximum absolute atomic E-state index is 5.87. The largest absolute Gasteiger partial charge is 0.352 e. The van der Waals surface area contributed by atoms with Gasteiger partial charge >= 0.3 is 0 Å². The second kappa shape index (κ2) is 8.76. The Morgan fingerprint density at radius 1 is 0.794 bits per heavy atom. The first-order valence-corrected chi connectivity index (χ1v) is 11.9. The van der Waals surface area contributed by atoms with Gasteiger partial charge in [0.25, 0.3) is 0 Å². The molecule has 2 aromatic heterocycles. The number of aromatic nitrogens is 2. The van der Waals surface area contributed by atoms with Crippen LogP contribution >= 0.6 is 12.2 Å². The molecule has 0 spiro atoms. The van der Waals surface area contributed by atoms with Gasteiger partial charge in [-0.15, -0.1) is 0 Å². The molecule has 2 atom stereocenters. The number of rotatable bonds is 5. The van der Waals surface area contributed by atoms with Crippen LogP contribution in [0, 0.1) is 0 Å². The lowest BCUT2D eigenvalue weighted by molar-refractivity contribution is 0.302. The standard InChI is InChI=1S/C29H24N4S/c34-29-31-27(25-13-6-7-17-30-25)28(33(29)20-21-9-2-1-3-10-21)26-14-8-18-32(26)24-16-15-22-11-4-5-12-23(22)19-24/h1-19,27-28H,20H2,(H,31,34). The SMILES string of the molecule is S=C1NC(c2ccccn2)C(c2cccn2-c2ccc3ccccc3c2)N1Cc1ccccc1. The predicted octanol–water partition coefficient (Wildman–Crippen LogP) is 6.20. The number of thiocarbonyl (C=S) groups is 1. The average Bonchev–Trinajstić information content (AvgIpc) is 3.49. The van der Waals surface area contributed by atoms with Crippen molar-refractivity contribution in [3.63, 3.8) is 0 Å². The molecule has 34 heavy (non-hydrogen) atoms. The minimum Gasteiger partial charge on any atom is -0.352 e. The number of nitrogens with zero attached hydrogens (tertiary/aromatic N) is 3. The Kier molecular flexibility index (Phi) is 5.32. The Morgan fingerprint density at radius 3 is 2.41 bits per heavy atom. The van der Waals surface area contributed by atoms with Gasteiger partial charge in [-0.25, -0.2) is 0 Å². The van der Waals surface area contributed by atoms with Crippen LogP contribution in [0.25, 0.3) is 16.5 Å². The highest BCUT2D eigenvalue weighted by Gasteiger charge is 2.41. The fraction of sp³-hybridized carbons (Fsp3) is 0.103. The summed E-state index contributed by atoms with van der Waals surface area (Å²) >= 11 is 5.87. The Labute approximate surface area is 204 Å². The molecule has 0 saturated carbocycles. The summed E-state index contributed by atoms with van der Waals surface area (Å²) in [5.41, 5.74) is 4.52. The van der Waals surface area contributed by atoms with E-state index in [0.29, 0.717) is 0 Å². The third-order valence-electron chi connectivity index (χ3n) is 6.49. The van der Waals surface area contributed by atoms with Crippen LogP contribution in [0.5, 0.6) is 0 Å². The molecular formula is C29H24N4S. The van der Waals surface area contributed by atoms with Crippen LogP contribution in [0.3, 0.4) is 0 Å². The van der Waals surface area contributed by atoms with E-state index in [1.165, 1.54) is 22.0 Å². The van der Waals surface area contributed by atoms with Gasteiger partial charge in [-0.05, 0) is 65.0 Å². The molecule has 0 radical (unpaired) electrons. The summed E-state index contributed by atoms with van der Waals surface area (Å²) in [5, 5.41) is 6.78. The number of benzene rings is 3. The van der Waals surface area contributed by atoms with Crippen molar-refractivity contribution < 1.29 is 0 Å². The van der Waals surface area contributed by atoms with Crippen LogP contribution in [0.4, 0.5) is 0 Å². The van der Waals surface area contributed by atoms with E-state index in [0.717, 1.165) is 23.0 Å². The molecule has 1 saturated heterocycles. The highest BCUT2D eigenvalue weighted by Crippen LogP contribution is 2.40. The fourth-order valence-electron chi connectivity index (χ4n) is 4.87. The smallest absolute Gasteiger partial charge is 0.170 e. The maximum Gasteiger partial charge on any atom is 0.170 e. The first kappa shape index (κ1) is 20.6. The van der Waals surface area contributed by atoms with Gasteiger partial charge in [-0.2, -0.15) is 0 Å². The summed E-state index contributed by atoms with van der Waals surface area (Å²) in [4.78, 5) is 6.97. The van der Waals surface area contributed by atoms with Crippen molar-refractivity contribution in [2.75, 3.05) is 0 Å². The van der Waals surface area contributed by atoms with Crippen LogP contribution in [0.1, 0.15) is 29.0 Å². The molecule has 1 fully saturated rings. The lowest BCUT2D eigenvalue weighted by atomic mass is 10.0. The lowest BCUT2D eigenvalue weighted by Crippen LogP contribution is -2.30. The monoisotopic (exact) mass is 460 g/mol. The molecule has 0 aliphatic carbocycles. The minimum absolute atomic E-state index is 0.0101. The summed E-state index contributed by atoms with van der Waals surface area (Å²) < 4.78 is 2.28. The van der Waals surface area contributed by atoms with Gasteiger partial charge in [-0.3, -0.25) is 4.98 Å². The van der Waals surface area contributed by atoms with Gasteiger partial charge < -0.3 is 14.8 Å². The molecule has 1 aliphatic heterocycles. The van der Waals surface area contributed by atoms with Crippen molar-refractivity contribution >= 4 is 28.1 Å². The number of nitrogens with one attached hydrogen (secondary N) is 1. The summed E-state index contributed by atoms with van der Waals surface area (Å²) in [6, 6.07) is 35.9. The fourth-order valence-corrected chi connectivity index (χ4v) is 5.18. The summed E-state index contributed by atoms with van der Waals surface area (Å²) in [6.07, 6.45) is 3.98. The molecule has 3 aromatic carbocycles. The molecule has 3 heterocycles. The first-order valence-electron chi connectivity index (χ1n) is 11.5. The molecule has 0 bridgehead atoms. The Morgan fingerprint density at radius 2 is 1.59 bits per heavy atom. The van der Waals surface area contributed by atoms with Crippen LogP contribution in [0.15, 0.2) is 116 Å². The topological polar surface area (TPSA) is 33.1 Å². The second-order valence-corrected chi connectivity index (χ2v) is 8.96. The van der Waals surface area contributed by atoms with E-state index in [1.807, 2.05) is 24.4 Å². The van der Waals surface area contributed by atoms with E-state index < -0.39 is 0 Å². The quantitative estimate of drug-likeness (QED) is 0.317. The Hall–Kier alpha value is -3.96. The van der Waals surface area contributed by atoms with E-state index in [4.69, 9.17) is 12.2 Å². The Balaban J connectivity index is 1.46. The summed E-state index contributed by atoms with van der Waals surface area (Å²) in [6.45, 7) is 0.726. The zero-order valence-corrected chi connectivity index (χ0v) is 19.4. The van der Waals surface area contributed by atoms with Crippen LogP contribution in [-0.4, -0.2) is 19.6 Å². The van der Waals surface area contributed by atoms with Crippen molar-refractivity contribution in [1.82, 2.24) is 19.8 Å². The van der Waals surface area contributed by atoms with Crippen molar-refractivity contribution in [3.05, 3.63) is 132 Å². The molecule has 5 heteroatoms. The summed E-state index contributed by atoms with van der Waals surface area (Å²) in [5.74, 6) is 0. The van der Waals surface area contributed by atoms with Crippen LogP contribution < -0.4 is 5.32 Å². The van der Waals surface area contributed by atoms with Gasteiger partial charge in [0.05, 0.1) is 17.8 Å². The van der Waals surface area contributed by atoms with Crippen LogP contribution in [0.2, 0.25) is 0 Å². The molecule has 0 amide bonds. The molecule has 4 nitrogen and oxygen atoms in total. The summed E-state index contributed by atoms with van der Waals surface area (Å²) in [7, 11) is 0. The van der Waals surface area contributed by atoms with E-state index in [1.54, 1.807) is 0 Å². The zero-order valence-electron chi connectivity index (χ0n) is 18.6. The lowest BCUT2D eigenvalue weighted by Gasteiger charge is -2.29. The molecule has 1 N–H and O–H groups in total. The third kappa shape index (κ3) is 3.74. The van der Waals surface area contributed by atoms with E-state index in [-0.39, 0.29) is 12.1 Å². The number of hydrogen-bond donors (Lipinski definition) is 1. The number of fused-ring (bicyclic) bond motifs is 1. The van der Waals surface area contributed by atoms with Gasteiger partial charge in [0.15, 0.2) is 5.11 Å². The van der Waals surface area contributed by atoms with Crippen molar-refractivity contribution in [2.45, 2.75) is 18.6 Å². The highest BCUT2D eigenvalue weighted by molar-refractivity contribution is 7.80. The number of hydrogen-bond acceptors (Lipinski definition) is 2. The van der Waals surface area contributed by atoms with E-state index in [9.17, 15) is 0 Å². The molecule has 5 aromatic rings. The molecule has 166 valence electrons. The minimum atomic E-state index is -0.0495. The zero-order chi connectivity index (χ0) is 22.9. The van der Waals surface area contributed by atoms with Crippen molar-refractivity contribution in [1.29, 1.82) is 0 Å². The third-order valence-corrected chi connectivity index (χ3v) is 6.84. The average molecular weight is 461 g/mol.